The lowest BCUT2D eigenvalue weighted by atomic mass is 10.0. The van der Waals surface area contributed by atoms with Gasteiger partial charge in [0, 0.05) is 41.8 Å². The van der Waals surface area contributed by atoms with Crippen LogP contribution in [-0.4, -0.2) is 97.7 Å². The van der Waals surface area contributed by atoms with E-state index in [0.717, 1.165) is 17.5 Å². The van der Waals surface area contributed by atoms with Crippen molar-refractivity contribution in [1.29, 1.82) is 0 Å². The largest absolute Gasteiger partial charge is 0.446 e. The van der Waals surface area contributed by atoms with E-state index in [1.54, 1.807) is 18.2 Å². The minimum absolute atomic E-state index is 0.108. The zero-order valence-electron chi connectivity index (χ0n) is 31.1. The topological polar surface area (TPSA) is 190 Å². The fraction of sp³-hybridized carbons (Fsp3) is 0.513. The molecule has 2 aromatic carbocycles. The molecule has 2 saturated heterocycles. The molecule has 5 atom stereocenters. The molecule has 3 fully saturated rings. The van der Waals surface area contributed by atoms with Gasteiger partial charge in [0.05, 0.1) is 31.2 Å². The molecule has 0 bridgehead atoms. The number of hydrogen-bond acceptors (Lipinski definition) is 10. The number of hydrogen-bond donors (Lipinski definition) is 3. The van der Waals surface area contributed by atoms with Gasteiger partial charge in [-0.1, -0.05) is 60.3 Å². The summed E-state index contributed by atoms with van der Waals surface area (Å²) in [6, 6.07) is 8.38. The number of carbonyl (C=O) groups excluding carboxylic acids is 5. The van der Waals surface area contributed by atoms with Crippen molar-refractivity contribution < 1.29 is 46.6 Å². The Kier molecular flexibility index (Phi) is 12.3. The number of halogens is 2. The Labute approximate surface area is 340 Å². The van der Waals surface area contributed by atoms with Gasteiger partial charge in [0.15, 0.2) is 0 Å². The lowest BCUT2D eigenvalue weighted by Gasteiger charge is -2.30. The van der Waals surface area contributed by atoms with Gasteiger partial charge in [0.25, 0.3) is 15.9 Å². The van der Waals surface area contributed by atoms with E-state index in [2.05, 4.69) is 15.4 Å². The number of nitrogens with zero attached hydrogens (tertiary/aromatic N) is 2. The minimum atomic E-state index is -4.36. The highest BCUT2D eigenvalue weighted by molar-refractivity contribution is 7.90. The maximum absolute atomic E-state index is 14.5. The first-order valence-electron chi connectivity index (χ1n) is 19.2. The van der Waals surface area contributed by atoms with E-state index in [4.69, 9.17) is 37.4 Å². The van der Waals surface area contributed by atoms with Crippen LogP contribution in [0.5, 0.6) is 0 Å². The van der Waals surface area contributed by atoms with Crippen LogP contribution in [0.4, 0.5) is 9.59 Å². The molecule has 0 aromatic heterocycles. The molecule has 0 spiro atoms. The van der Waals surface area contributed by atoms with Crippen molar-refractivity contribution in [3.8, 4) is 0 Å². The molecule has 306 valence electrons. The van der Waals surface area contributed by atoms with Crippen LogP contribution >= 0.6 is 23.2 Å². The molecule has 7 rings (SSSR count). The molecule has 5 aliphatic rings. The number of rotatable bonds is 6. The minimum Gasteiger partial charge on any atom is -0.446 e. The van der Waals surface area contributed by atoms with Gasteiger partial charge in [0.1, 0.15) is 29.8 Å². The first-order valence-corrected chi connectivity index (χ1v) is 21.5. The van der Waals surface area contributed by atoms with Crippen LogP contribution in [0, 0.1) is 5.92 Å². The van der Waals surface area contributed by atoms with Gasteiger partial charge in [-0.3, -0.25) is 19.3 Å². The molecule has 1 aliphatic carbocycles. The average Bonchev–Trinajstić information content (AvgIpc) is 3.46. The van der Waals surface area contributed by atoms with E-state index in [1.165, 1.54) is 34.1 Å². The SMILES string of the molecule is O=C(N[C@H]1CCCCCC=C[C@@H]2C[C@@]2(C(=O)NS(=O)(=O)c2ccc(Cl)cc2)NC(=O)[C@@H]2C[C@@H](OC(=O)N3Cc4cccc(Cl)c4C3)CN2C1=O)OC1CCOCC1. The Bertz CT molecular complexity index is 2030. The van der Waals surface area contributed by atoms with Crippen LogP contribution in [0.3, 0.4) is 0 Å². The number of alkyl carbamates (subject to hydrolysis) is 1. The molecule has 2 aromatic rings. The molecule has 4 heterocycles. The summed E-state index contributed by atoms with van der Waals surface area (Å²) in [6.07, 6.45) is 4.90. The standard InChI is InChI=1S/C39H45Cl2N5O10S/c40-26-11-13-29(14-12-26)57(52,53)44-36(49)39-20-25(39)8-4-2-1-3-5-10-32(42-37(50)55-27-15-17-54-18-16-27)35(48)46-22-28(19-33(46)34(47)43-39)56-38(51)45-21-24-7-6-9-31(41)30(24)23-45/h4,6-9,11-14,25,27-28,32-33H,1-3,5,10,15-23H2,(H,42,50)(H,43,47)(H,44,49)/t25-,28-,32+,33+,39-/m1/s1. The molecular weight excluding hydrogens is 801 g/mol. The number of amides is 5. The summed E-state index contributed by atoms with van der Waals surface area (Å²) in [5.41, 5.74) is 0.0352. The lowest BCUT2D eigenvalue weighted by Crippen LogP contribution is -2.58. The van der Waals surface area contributed by atoms with Gasteiger partial charge in [-0.25, -0.2) is 22.7 Å². The van der Waals surface area contributed by atoms with Crippen molar-refractivity contribution in [2.24, 2.45) is 5.92 Å². The summed E-state index contributed by atoms with van der Waals surface area (Å²) in [6.45, 7) is 1.21. The normalized spacial score (nSPS) is 26.8. The molecule has 18 heteroatoms. The third kappa shape index (κ3) is 9.35. The molecule has 0 radical (unpaired) electrons. The Hall–Kier alpha value is -4.38. The summed E-state index contributed by atoms with van der Waals surface area (Å²) >= 11 is 12.3. The molecule has 4 aliphatic heterocycles. The first-order chi connectivity index (χ1) is 27.3. The summed E-state index contributed by atoms with van der Waals surface area (Å²) in [5, 5.41) is 6.36. The fourth-order valence-electron chi connectivity index (χ4n) is 7.90. The van der Waals surface area contributed by atoms with E-state index in [-0.39, 0.29) is 49.9 Å². The molecular formula is C39H45Cl2N5O10S. The third-order valence-corrected chi connectivity index (χ3v) is 13.1. The number of nitrogens with one attached hydrogen (secondary N) is 3. The number of benzene rings is 2. The van der Waals surface area contributed by atoms with Crippen LogP contribution in [0.25, 0.3) is 0 Å². The van der Waals surface area contributed by atoms with E-state index in [0.29, 0.717) is 55.4 Å². The highest BCUT2D eigenvalue weighted by Gasteiger charge is 2.61. The lowest BCUT2D eigenvalue weighted by molar-refractivity contribution is -0.141. The maximum atomic E-state index is 14.5. The van der Waals surface area contributed by atoms with Crippen molar-refractivity contribution in [2.75, 3.05) is 19.8 Å². The van der Waals surface area contributed by atoms with Crippen LogP contribution < -0.4 is 15.4 Å². The van der Waals surface area contributed by atoms with Crippen LogP contribution in [0.1, 0.15) is 68.9 Å². The van der Waals surface area contributed by atoms with Gasteiger partial charge in [-0.2, -0.15) is 0 Å². The monoisotopic (exact) mass is 845 g/mol. The number of carbonyl (C=O) groups is 5. The Morgan fingerprint density at radius 3 is 2.46 bits per heavy atom. The Morgan fingerprint density at radius 1 is 0.930 bits per heavy atom. The van der Waals surface area contributed by atoms with E-state index in [1.807, 2.05) is 12.1 Å². The molecule has 57 heavy (non-hydrogen) atoms. The molecule has 5 amide bonds. The van der Waals surface area contributed by atoms with Crippen molar-refractivity contribution in [3.63, 3.8) is 0 Å². The summed E-state index contributed by atoms with van der Waals surface area (Å²) in [4.78, 5) is 72.0. The van der Waals surface area contributed by atoms with Gasteiger partial charge >= 0.3 is 12.2 Å². The van der Waals surface area contributed by atoms with Crippen LogP contribution in [0.2, 0.25) is 10.0 Å². The smallest absolute Gasteiger partial charge is 0.410 e. The van der Waals surface area contributed by atoms with Crippen LogP contribution in [-0.2, 0) is 51.7 Å². The second-order valence-electron chi connectivity index (χ2n) is 15.1. The predicted molar refractivity (Wildman–Crippen MR) is 206 cm³/mol. The molecule has 15 nitrogen and oxygen atoms in total. The van der Waals surface area contributed by atoms with E-state index >= 15 is 0 Å². The number of allylic oxidation sites excluding steroid dienone is 1. The molecule has 0 unspecified atom stereocenters. The van der Waals surface area contributed by atoms with Crippen molar-refractivity contribution >= 4 is 63.1 Å². The van der Waals surface area contributed by atoms with Gasteiger partial charge in [-0.05, 0) is 67.1 Å². The summed E-state index contributed by atoms with van der Waals surface area (Å²) < 4.78 is 45.6. The highest BCUT2D eigenvalue weighted by Crippen LogP contribution is 2.46. The Balaban J connectivity index is 1.13. The third-order valence-electron chi connectivity index (χ3n) is 11.2. The predicted octanol–water partition coefficient (Wildman–Crippen LogP) is 4.59. The van der Waals surface area contributed by atoms with Crippen molar-refractivity contribution in [3.05, 3.63) is 75.8 Å². The zero-order valence-corrected chi connectivity index (χ0v) is 33.5. The van der Waals surface area contributed by atoms with E-state index < -0.39 is 69.6 Å². The van der Waals surface area contributed by atoms with Gasteiger partial charge < -0.3 is 29.7 Å². The second-order valence-corrected chi connectivity index (χ2v) is 17.6. The summed E-state index contributed by atoms with van der Waals surface area (Å²) in [7, 11) is -4.36. The van der Waals surface area contributed by atoms with Gasteiger partial charge in [0.2, 0.25) is 11.8 Å². The Morgan fingerprint density at radius 2 is 1.70 bits per heavy atom. The van der Waals surface area contributed by atoms with Gasteiger partial charge in [-0.15, -0.1) is 0 Å². The first kappa shape index (κ1) is 40.8. The zero-order chi connectivity index (χ0) is 40.3. The fourth-order valence-corrected chi connectivity index (χ4v) is 9.32. The average molecular weight is 847 g/mol. The number of ether oxygens (including phenoxy) is 3. The van der Waals surface area contributed by atoms with Crippen LogP contribution in [0.15, 0.2) is 59.5 Å². The maximum Gasteiger partial charge on any atom is 0.410 e. The molecule has 3 N–H and O–H groups in total. The second kappa shape index (κ2) is 17.2. The summed E-state index contributed by atoms with van der Waals surface area (Å²) in [5.74, 6) is -2.80. The van der Waals surface area contributed by atoms with Crippen molar-refractivity contribution in [1.82, 2.24) is 25.2 Å². The van der Waals surface area contributed by atoms with Crippen molar-refractivity contribution in [2.45, 2.75) is 106 Å². The molecule has 1 saturated carbocycles. The highest BCUT2D eigenvalue weighted by atomic mass is 35.5. The number of fused-ring (bicyclic) bond motifs is 3. The van der Waals surface area contributed by atoms with E-state index in [9.17, 15) is 32.4 Å². The quantitative estimate of drug-likeness (QED) is 0.347. The number of sulfonamides is 1.